The molecule has 13 nitrogen and oxygen atoms in total. The zero-order valence-corrected chi connectivity index (χ0v) is 42.2. The Morgan fingerprint density at radius 1 is 0.944 bits per heavy atom. The Hall–Kier alpha value is -6.55. The lowest BCUT2D eigenvalue weighted by molar-refractivity contribution is -0.144. The lowest BCUT2D eigenvalue weighted by Crippen LogP contribution is -2.58. The molecule has 18 heteroatoms. The summed E-state index contributed by atoms with van der Waals surface area (Å²) in [5.74, 6) is -1.41. The number of nitriles is 1. The molecule has 2 N–H and O–H groups in total. The average molecular weight is 1010 g/mol. The van der Waals surface area contributed by atoms with Crippen molar-refractivity contribution in [1.82, 2.24) is 25.5 Å². The normalized spacial score (nSPS) is 16.3. The molecular weight excluding hydrogens is 950 g/mol. The summed E-state index contributed by atoms with van der Waals surface area (Å²) in [7, 11) is 0. The first kappa shape index (κ1) is 52.3. The van der Waals surface area contributed by atoms with Gasteiger partial charge in [0.05, 0.1) is 39.0 Å². The Morgan fingerprint density at radius 3 is 2.27 bits per heavy atom. The van der Waals surface area contributed by atoms with Crippen LogP contribution in [0.2, 0.25) is 0 Å². The molecule has 4 amide bonds. The number of benzene rings is 3. The van der Waals surface area contributed by atoms with Crippen molar-refractivity contribution in [1.29, 1.82) is 5.26 Å². The number of rotatable bonds is 17. The van der Waals surface area contributed by atoms with Crippen molar-refractivity contribution in [2.75, 3.05) is 29.6 Å². The molecule has 0 spiro atoms. The van der Waals surface area contributed by atoms with E-state index in [9.17, 15) is 37.6 Å². The van der Waals surface area contributed by atoms with Gasteiger partial charge in [-0.1, -0.05) is 69.7 Å². The lowest BCUT2D eigenvalue weighted by Gasteiger charge is -2.35. The van der Waals surface area contributed by atoms with Crippen molar-refractivity contribution in [2.45, 2.75) is 110 Å². The topological polar surface area (TPSA) is 161 Å². The minimum Gasteiger partial charge on any atom is -0.372 e. The maximum Gasteiger partial charge on any atom is 0.417 e. The summed E-state index contributed by atoms with van der Waals surface area (Å²) < 4.78 is 47.0. The summed E-state index contributed by atoms with van der Waals surface area (Å²) in [5.41, 5.74) is 4.43. The van der Waals surface area contributed by atoms with E-state index >= 15 is 0 Å². The molecule has 4 heterocycles. The summed E-state index contributed by atoms with van der Waals surface area (Å²) in [4.78, 5) is 68.5. The first-order chi connectivity index (χ1) is 33.7. The number of hydrogen-bond donors (Lipinski definition) is 2. The molecular formula is C53H57F3N8O5S2. The first-order valence-corrected chi connectivity index (χ1v) is 24.8. The number of carbonyl (C=O) groups excluding carboxylic acids is 4. The van der Waals surface area contributed by atoms with Gasteiger partial charge < -0.3 is 25.2 Å². The number of nitrogens with zero attached hydrogens (tertiary/aromatic N) is 6. The van der Waals surface area contributed by atoms with E-state index < -0.39 is 52.2 Å². The Labute approximate surface area is 421 Å². The van der Waals surface area contributed by atoms with Crippen molar-refractivity contribution in [2.24, 2.45) is 5.41 Å². The number of unbranched alkanes of at least 4 members (excludes halogenated alkanes) is 2. The van der Waals surface area contributed by atoms with Gasteiger partial charge in [-0.05, 0) is 124 Å². The third kappa shape index (κ3) is 12.0. The highest BCUT2D eigenvalue weighted by Gasteiger charge is 2.51. The number of nitrogens with one attached hydrogen (secondary N) is 2. The van der Waals surface area contributed by atoms with Gasteiger partial charge in [-0.15, -0.1) is 11.3 Å². The number of thiocarbonyl (C=S) groups is 1. The van der Waals surface area contributed by atoms with Crippen molar-refractivity contribution in [3.63, 3.8) is 0 Å². The summed E-state index contributed by atoms with van der Waals surface area (Å²) in [6, 6.07) is 22.4. The molecule has 2 atom stereocenters. The number of aromatic nitrogens is 2. The van der Waals surface area contributed by atoms with Crippen LogP contribution in [0.25, 0.3) is 21.6 Å². The van der Waals surface area contributed by atoms with Crippen LogP contribution in [-0.2, 0) is 43.1 Å². The van der Waals surface area contributed by atoms with Gasteiger partial charge in [0, 0.05) is 42.8 Å². The monoisotopic (exact) mass is 1010 g/mol. The van der Waals surface area contributed by atoms with Gasteiger partial charge in [-0.2, -0.15) is 18.4 Å². The number of carbonyl (C=O) groups is 4. The lowest BCUT2D eigenvalue weighted by atomic mass is 9.85. The number of aryl methyl sites for hydroxylation is 2. The van der Waals surface area contributed by atoms with E-state index in [1.54, 1.807) is 59.4 Å². The van der Waals surface area contributed by atoms with Gasteiger partial charge in [-0.3, -0.25) is 29.1 Å². The summed E-state index contributed by atoms with van der Waals surface area (Å²) in [6.45, 7) is 11.9. The molecule has 372 valence electrons. The van der Waals surface area contributed by atoms with Crippen LogP contribution < -0.4 is 20.4 Å². The minimum atomic E-state index is -4.80. The molecule has 7 rings (SSSR count). The van der Waals surface area contributed by atoms with E-state index in [-0.39, 0.29) is 29.2 Å². The number of hydrogen-bond acceptors (Lipinski definition) is 10. The van der Waals surface area contributed by atoms with Crippen LogP contribution in [-0.4, -0.2) is 81.0 Å². The smallest absolute Gasteiger partial charge is 0.372 e. The van der Waals surface area contributed by atoms with E-state index in [1.807, 2.05) is 81.7 Å². The van der Waals surface area contributed by atoms with Gasteiger partial charge in [0.15, 0.2) is 5.11 Å². The van der Waals surface area contributed by atoms with Crippen molar-refractivity contribution in [3.05, 3.63) is 119 Å². The van der Waals surface area contributed by atoms with Crippen LogP contribution in [0.3, 0.4) is 0 Å². The van der Waals surface area contributed by atoms with Crippen LogP contribution in [0.4, 0.5) is 24.5 Å². The highest BCUT2D eigenvalue weighted by atomic mass is 32.1. The standard InChI is InChI=1S/C53H57F3N8O5S2/c1-33-45(71-32-60-33)36-15-13-34(14-16-36)29-59-47(66)43-12-10-25-62(43)48(67)46(51(2,3)4)61-44(65)31-69-26-9-7-8-11-39-21-17-38(30-58-39)35-18-22-40(23-19-35)64-50(70)63(49(68)52(64,5)6)41-24-20-37(28-57)42(27-41)53(54,55)56/h13-24,27,30,32,43,46H,7-12,25-26,29,31H2,1-6H3,(H,59,66)(H,61,65)/t43-,46+/m0/s1. The second-order valence-corrected chi connectivity index (χ2v) is 20.6. The molecule has 2 saturated heterocycles. The Kier molecular flexibility index (Phi) is 16.1. The third-order valence-electron chi connectivity index (χ3n) is 12.8. The number of alkyl halides is 3. The van der Waals surface area contributed by atoms with Crippen molar-refractivity contribution >= 4 is 63.7 Å². The van der Waals surface area contributed by atoms with Gasteiger partial charge >= 0.3 is 6.18 Å². The number of pyridine rings is 1. The Balaban J connectivity index is 0.833. The van der Waals surface area contributed by atoms with Crippen LogP contribution >= 0.6 is 23.6 Å². The molecule has 0 saturated carbocycles. The molecule has 0 bridgehead atoms. The summed E-state index contributed by atoms with van der Waals surface area (Å²) in [6.07, 6.45) is 1.37. The second-order valence-electron chi connectivity index (χ2n) is 19.3. The molecule has 0 radical (unpaired) electrons. The highest BCUT2D eigenvalue weighted by Crippen LogP contribution is 2.40. The molecule has 71 heavy (non-hydrogen) atoms. The van der Waals surface area contributed by atoms with Gasteiger partial charge in [0.1, 0.15) is 24.2 Å². The Bertz CT molecular complexity index is 2800. The summed E-state index contributed by atoms with van der Waals surface area (Å²) in [5, 5.41) is 15.2. The molecule has 3 aromatic carbocycles. The fourth-order valence-electron chi connectivity index (χ4n) is 8.84. The Morgan fingerprint density at radius 2 is 1.63 bits per heavy atom. The zero-order valence-electron chi connectivity index (χ0n) is 40.6. The molecule has 2 aliphatic heterocycles. The fraction of sp³-hybridized carbons (Fsp3) is 0.396. The summed E-state index contributed by atoms with van der Waals surface area (Å²) >= 11 is 7.26. The van der Waals surface area contributed by atoms with Gasteiger partial charge in [0.25, 0.3) is 5.91 Å². The van der Waals surface area contributed by atoms with Crippen LogP contribution in [0, 0.1) is 23.7 Å². The second kappa shape index (κ2) is 21.8. The predicted octanol–water partition coefficient (Wildman–Crippen LogP) is 9.56. The number of ether oxygens (including phenoxy) is 1. The molecule has 2 fully saturated rings. The molecule has 0 aliphatic carbocycles. The molecule has 2 aromatic heterocycles. The number of anilines is 2. The van der Waals surface area contributed by atoms with E-state index in [0.29, 0.717) is 38.2 Å². The quantitative estimate of drug-likeness (QED) is 0.0678. The largest absolute Gasteiger partial charge is 0.417 e. The van der Waals surface area contributed by atoms with E-state index in [1.165, 1.54) is 6.07 Å². The van der Waals surface area contributed by atoms with Crippen molar-refractivity contribution < 1.29 is 37.1 Å². The number of halogens is 3. The van der Waals surface area contributed by atoms with Crippen LogP contribution in [0.5, 0.6) is 0 Å². The van der Waals surface area contributed by atoms with Crippen LogP contribution in [0.1, 0.15) is 94.8 Å². The average Bonchev–Trinajstić information content (AvgIpc) is 4.05. The number of likely N-dealkylation sites (tertiary alicyclic amines) is 1. The maximum absolute atomic E-state index is 14.0. The van der Waals surface area contributed by atoms with Gasteiger partial charge in [-0.25, -0.2) is 4.98 Å². The van der Waals surface area contributed by atoms with E-state index in [0.717, 1.165) is 81.2 Å². The highest BCUT2D eigenvalue weighted by molar-refractivity contribution is 7.81. The minimum absolute atomic E-state index is 0.0138. The molecule has 5 aromatic rings. The fourth-order valence-corrected chi connectivity index (χ4v) is 10.2. The first-order valence-electron chi connectivity index (χ1n) is 23.5. The zero-order chi connectivity index (χ0) is 51.3. The van der Waals surface area contributed by atoms with Crippen molar-refractivity contribution in [3.8, 4) is 27.6 Å². The van der Waals surface area contributed by atoms with Crippen LogP contribution in [0.15, 0.2) is 90.6 Å². The maximum atomic E-state index is 14.0. The molecule has 0 unspecified atom stereocenters. The van der Waals surface area contributed by atoms with Gasteiger partial charge in [0.2, 0.25) is 17.7 Å². The SMILES string of the molecule is Cc1ncsc1-c1ccc(CNC(=O)[C@@H]2CCCN2C(=O)[C@@H](NC(=O)COCCCCCc2ccc(-c3ccc(N4C(=S)N(c5ccc(C#N)c(C(F)(F)F)c5)C(=O)C4(C)C)cc3)cn2)C(C)(C)C)cc1. The third-order valence-corrected chi connectivity index (χ3v) is 14.1. The van der Waals surface area contributed by atoms with E-state index in [4.69, 9.17) is 17.0 Å². The molecule has 2 aliphatic rings. The van der Waals surface area contributed by atoms with E-state index in [2.05, 4.69) is 20.6 Å². The number of thiazole rings is 1. The predicted molar refractivity (Wildman–Crippen MR) is 271 cm³/mol. The number of amides is 4.